The van der Waals surface area contributed by atoms with Gasteiger partial charge in [-0.1, -0.05) is 35.3 Å². The van der Waals surface area contributed by atoms with E-state index in [0.29, 0.717) is 34.3 Å². The quantitative estimate of drug-likeness (QED) is 0.840. The van der Waals surface area contributed by atoms with Crippen molar-refractivity contribution in [2.45, 2.75) is 13.3 Å². The number of nitrogens with one attached hydrogen (secondary N) is 1. The number of carbonyl (C=O) groups is 1. The van der Waals surface area contributed by atoms with E-state index in [-0.39, 0.29) is 5.91 Å². The van der Waals surface area contributed by atoms with Crippen LogP contribution in [0, 0.1) is 6.92 Å². The Morgan fingerprint density at radius 2 is 2.00 bits per heavy atom. The van der Waals surface area contributed by atoms with Crippen molar-refractivity contribution in [1.82, 2.24) is 5.32 Å². The zero-order chi connectivity index (χ0) is 15.4. The fourth-order valence-corrected chi connectivity index (χ4v) is 2.53. The molecule has 3 N–H and O–H groups in total. The smallest absolute Gasteiger partial charge is 0.251 e. The minimum atomic E-state index is -0.134. The van der Waals surface area contributed by atoms with Gasteiger partial charge in [0.25, 0.3) is 5.91 Å². The second-order valence-electron chi connectivity index (χ2n) is 4.76. The van der Waals surface area contributed by atoms with Crippen LogP contribution in [0.2, 0.25) is 10.0 Å². The van der Waals surface area contributed by atoms with Crippen molar-refractivity contribution >= 4 is 34.8 Å². The maximum absolute atomic E-state index is 12.1. The highest BCUT2D eigenvalue weighted by Crippen LogP contribution is 2.21. The molecule has 110 valence electrons. The molecule has 0 aromatic heterocycles. The summed E-state index contributed by atoms with van der Waals surface area (Å²) in [7, 11) is 0. The summed E-state index contributed by atoms with van der Waals surface area (Å²) in [6, 6.07) is 10.7. The SMILES string of the molecule is Cc1c(N)cccc1C(=O)NCCc1ccc(Cl)cc1Cl. The van der Waals surface area contributed by atoms with Crippen molar-refractivity contribution in [2.24, 2.45) is 0 Å². The maximum atomic E-state index is 12.1. The summed E-state index contributed by atoms with van der Waals surface area (Å²) in [5.74, 6) is -0.134. The molecule has 0 heterocycles. The Morgan fingerprint density at radius 3 is 2.71 bits per heavy atom. The fourth-order valence-electron chi connectivity index (χ4n) is 2.03. The van der Waals surface area contributed by atoms with E-state index in [0.717, 1.165) is 11.1 Å². The van der Waals surface area contributed by atoms with Gasteiger partial charge in [0.15, 0.2) is 0 Å². The Hall–Kier alpha value is -1.71. The average molecular weight is 323 g/mol. The first-order valence-corrected chi connectivity index (χ1v) is 7.32. The van der Waals surface area contributed by atoms with E-state index < -0.39 is 0 Å². The van der Waals surface area contributed by atoms with Gasteiger partial charge in [-0.15, -0.1) is 0 Å². The standard InChI is InChI=1S/C16H16Cl2N2O/c1-10-13(3-2-4-15(10)19)16(21)20-8-7-11-5-6-12(17)9-14(11)18/h2-6,9H,7-8,19H2,1H3,(H,20,21). The highest BCUT2D eigenvalue weighted by atomic mass is 35.5. The molecule has 2 rings (SSSR count). The van der Waals surface area contributed by atoms with Crippen molar-refractivity contribution < 1.29 is 4.79 Å². The van der Waals surface area contributed by atoms with Crippen LogP contribution in [-0.4, -0.2) is 12.5 Å². The van der Waals surface area contributed by atoms with Gasteiger partial charge < -0.3 is 11.1 Å². The van der Waals surface area contributed by atoms with Crippen LogP contribution in [0.5, 0.6) is 0 Å². The number of amides is 1. The molecule has 0 atom stereocenters. The number of nitrogens with two attached hydrogens (primary N) is 1. The molecule has 1 amide bonds. The van der Waals surface area contributed by atoms with E-state index in [4.69, 9.17) is 28.9 Å². The molecule has 0 spiro atoms. The predicted octanol–water partition coefficient (Wildman–Crippen LogP) is 3.86. The Kier molecular flexibility index (Phi) is 5.10. The van der Waals surface area contributed by atoms with Crippen LogP contribution >= 0.6 is 23.2 Å². The number of nitrogen functional groups attached to an aromatic ring is 1. The van der Waals surface area contributed by atoms with E-state index in [9.17, 15) is 4.79 Å². The highest BCUT2D eigenvalue weighted by molar-refractivity contribution is 6.35. The van der Waals surface area contributed by atoms with E-state index in [1.165, 1.54) is 0 Å². The minimum Gasteiger partial charge on any atom is -0.398 e. The van der Waals surface area contributed by atoms with Gasteiger partial charge in [-0.3, -0.25) is 4.79 Å². The lowest BCUT2D eigenvalue weighted by molar-refractivity contribution is 0.0953. The second-order valence-corrected chi connectivity index (χ2v) is 5.61. The Morgan fingerprint density at radius 1 is 1.24 bits per heavy atom. The molecule has 3 nitrogen and oxygen atoms in total. The second kappa shape index (κ2) is 6.83. The molecule has 2 aromatic rings. The van der Waals surface area contributed by atoms with E-state index in [1.807, 2.05) is 13.0 Å². The van der Waals surface area contributed by atoms with Gasteiger partial charge >= 0.3 is 0 Å². The van der Waals surface area contributed by atoms with Crippen molar-refractivity contribution in [3.05, 3.63) is 63.1 Å². The number of benzene rings is 2. The van der Waals surface area contributed by atoms with Gasteiger partial charge in [0.05, 0.1) is 0 Å². The Balaban J connectivity index is 1.97. The normalized spacial score (nSPS) is 10.4. The number of carbonyl (C=O) groups excluding carboxylic acids is 1. The van der Waals surface area contributed by atoms with E-state index in [1.54, 1.807) is 30.3 Å². The molecule has 0 aliphatic heterocycles. The molecule has 5 heteroatoms. The topological polar surface area (TPSA) is 55.1 Å². The summed E-state index contributed by atoms with van der Waals surface area (Å²) in [5, 5.41) is 4.08. The fraction of sp³-hybridized carbons (Fsp3) is 0.188. The van der Waals surface area contributed by atoms with Crippen LogP contribution in [0.4, 0.5) is 5.69 Å². The summed E-state index contributed by atoms with van der Waals surface area (Å²) in [5.41, 5.74) is 8.75. The Bertz CT molecular complexity index is 671. The molecule has 0 aliphatic carbocycles. The van der Waals surface area contributed by atoms with Gasteiger partial charge in [-0.2, -0.15) is 0 Å². The van der Waals surface area contributed by atoms with Crippen LogP contribution in [-0.2, 0) is 6.42 Å². The lowest BCUT2D eigenvalue weighted by Crippen LogP contribution is -2.26. The molecule has 21 heavy (non-hydrogen) atoms. The van der Waals surface area contributed by atoms with E-state index in [2.05, 4.69) is 5.32 Å². The third-order valence-corrected chi connectivity index (χ3v) is 3.90. The molecular formula is C16H16Cl2N2O. The third-order valence-electron chi connectivity index (χ3n) is 3.32. The molecule has 0 saturated heterocycles. The van der Waals surface area contributed by atoms with Crippen molar-refractivity contribution in [1.29, 1.82) is 0 Å². The Labute approximate surface area is 134 Å². The maximum Gasteiger partial charge on any atom is 0.251 e. The first-order valence-electron chi connectivity index (χ1n) is 6.56. The average Bonchev–Trinajstić information content (AvgIpc) is 2.44. The number of rotatable bonds is 4. The van der Waals surface area contributed by atoms with Crippen LogP contribution < -0.4 is 11.1 Å². The zero-order valence-corrected chi connectivity index (χ0v) is 13.1. The minimum absolute atomic E-state index is 0.134. The van der Waals surface area contributed by atoms with Crippen LogP contribution in [0.15, 0.2) is 36.4 Å². The summed E-state index contributed by atoms with van der Waals surface area (Å²) < 4.78 is 0. The molecule has 0 unspecified atom stereocenters. The van der Waals surface area contributed by atoms with E-state index >= 15 is 0 Å². The molecule has 0 aliphatic rings. The number of anilines is 1. The summed E-state index contributed by atoms with van der Waals surface area (Å²) >= 11 is 11.9. The third kappa shape index (κ3) is 3.90. The number of halogens is 2. The van der Waals surface area contributed by atoms with Crippen molar-refractivity contribution in [3.63, 3.8) is 0 Å². The van der Waals surface area contributed by atoms with Gasteiger partial charge in [0.1, 0.15) is 0 Å². The lowest BCUT2D eigenvalue weighted by Gasteiger charge is -2.10. The first kappa shape index (κ1) is 15.7. The molecule has 0 radical (unpaired) electrons. The largest absolute Gasteiger partial charge is 0.398 e. The summed E-state index contributed by atoms with van der Waals surface area (Å²) in [6.45, 7) is 2.33. The molecule has 2 aromatic carbocycles. The van der Waals surface area contributed by atoms with Crippen LogP contribution in [0.3, 0.4) is 0 Å². The van der Waals surface area contributed by atoms with Crippen LogP contribution in [0.1, 0.15) is 21.5 Å². The summed E-state index contributed by atoms with van der Waals surface area (Å²) in [6.07, 6.45) is 0.642. The van der Waals surface area contributed by atoms with Gasteiger partial charge in [-0.05, 0) is 48.7 Å². The molecule has 0 bridgehead atoms. The monoisotopic (exact) mass is 322 g/mol. The zero-order valence-electron chi connectivity index (χ0n) is 11.6. The van der Waals surface area contributed by atoms with Crippen LogP contribution in [0.25, 0.3) is 0 Å². The molecular weight excluding hydrogens is 307 g/mol. The van der Waals surface area contributed by atoms with Gasteiger partial charge in [0.2, 0.25) is 0 Å². The van der Waals surface area contributed by atoms with Crippen molar-refractivity contribution in [2.75, 3.05) is 12.3 Å². The first-order chi connectivity index (χ1) is 9.99. The lowest BCUT2D eigenvalue weighted by atomic mass is 10.1. The number of hydrogen-bond donors (Lipinski definition) is 2. The van der Waals surface area contributed by atoms with Gasteiger partial charge in [0, 0.05) is 27.8 Å². The molecule has 0 fully saturated rings. The number of hydrogen-bond acceptors (Lipinski definition) is 2. The highest BCUT2D eigenvalue weighted by Gasteiger charge is 2.10. The van der Waals surface area contributed by atoms with Crippen molar-refractivity contribution in [3.8, 4) is 0 Å². The predicted molar refractivity (Wildman–Crippen MR) is 88.1 cm³/mol. The summed E-state index contributed by atoms with van der Waals surface area (Å²) in [4.78, 5) is 12.1. The van der Waals surface area contributed by atoms with Gasteiger partial charge in [-0.25, -0.2) is 0 Å². The molecule has 0 saturated carbocycles.